The van der Waals surface area contributed by atoms with Crippen LogP contribution in [-0.4, -0.2) is 34.0 Å². The van der Waals surface area contributed by atoms with Crippen LogP contribution >= 0.6 is 0 Å². The van der Waals surface area contributed by atoms with Crippen molar-refractivity contribution in [2.75, 3.05) is 24.6 Å². The van der Waals surface area contributed by atoms with Gasteiger partial charge in [-0.3, -0.25) is 4.79 Å². The number of halogens is 1. The van der Waals surface area contributed by atoms with Crippen molar-refractivity contribution in [3.05, 3.63) is 54.3 Å². The number of benzene rings is 2. The van der Waals surface area contributed by atoms with E-state index >= 15 is 0 Å². The molecule has 27 heavy (non-hydrogen) atoms. The van der Waals surface area contributed by atoms with Crippen LogP contribution in [0.2, 0.25) is 0 Å². The van der Waals surface area contributed by atoms with Gasteiger partial charge >= 0.3 is 0 Å². The number of hydrogen-bond donors (Lipinski definition) is 1. The van der Waals surface area contributed by atoms with Crippen molar-refractivity contribution in [1.82, 2.24) is 4.72 Å². The van der Waals surface area contributed by atoms with Gasteiger partial charge in [0.15, 0.2) is 0 Å². The topological polar surface area (TPSA) is 75.7 Å². The highest BCUT2D eigenvalue weighted by atomic mass is 32.2. The largest absolute Gasteiger partial charge is 0.494 e. The number of nitrogens with one attached hydrogen (secondary N) is 1. The first-order valence-corrected chi connectivity index (χ1v) is 10.2. The fourth-order valence-corrected chi connectivity index (χ4v) is 4.22. The van der Waals surface area contributed by atoms with Crippen molar-refractivity contribution in [3.8, 4) is 5.75 Å². The fraction of sp³-hybridized carbons (Fsp3) is 0.316. The molecule has 1 heterocycles. The molecular weight excluding hydrogens is 371 g/mol. The van der Waals surface area contributed by atoms with Gasteiger partial charge in [0, 0.05) is 25.2 Å². The highest BCUT2D eigenvalue weighted by Gasteiger charge is 2.31. The second-order valence-electron chi connectivity index (χ2n) is 6.28. The SMILES string of the molecule is CCOc1ccc(N2C[C@@H](CNS(=O)(=O)c3ccccc3F)CC2=O)cc1. The van der Waals surface area contributed by atoms with Gasteiger partial charge in [-0.25, -0.2) is 17.5 Å². The van der Waals surface area contributed by atoms with Gasteiger partial charge in [0.2, 0.25) is 15.9 Å². The predicted molar refractivity (Wildman–Crippen MR) is 99.7 cm³/mol. The number of anilines is 1. The molecule has 1 amide bonds. The van der Waals surface area contributed by atoms with Gasteiger partial charge in [0.1, 0.15) is 16.5 Å². The smallest absolute Gasteiger partial charge is 0.243 e. The molecule has 0 spiro atoms. The summed E-state index contributed by atoms with van der Waals surface area (Å²) in [7, 11) is -3.96. The Hall–Kier alpha value is -2.45. The number of rotatable bonds is 7. The van der Waals surface area contributed by atoms with Crippen LogP contribution < -0.4 is 14.4 Å². The number of carbonyl (C=O) groups is 1. The summed E-state index contributed by atoms with van der Waals surface area (Å²) in [5.41, 5.74) is 0.739. The molecule has 1 saturated heterocycles. The molecule has 6 nitrogen and oxygen atoms in total. The van der Waals surface area contributed by atoms with Crippen molar-refractivity contribution in [1.29, 1.82) is 0 Å². The van der Waals surface area contributed by atoms with Crippen molar-refractivity contribution < 1.29 is 22.3 Å². The third-order valence-electron chi connectivity index (χ3n) is 4.35. The van der Waals surface area contributed by atoms with E-state index in [1.807, 2.05) is 6.92 Å². The Kier molecular flexibility index (Phi) is 5.76. The van der Waals surface area contributed by atoms with E-state index in [9.17, 15) is 17.6 Å². The maximum absolute atomic E-state index is 13.7. The Labute approximate surface area is 158 Å². The van der Waals surface area contributed by atoms with Gasteiger partial charge < -0.3 is 9.64 Å². The monoisotopic (exact) mass is 392 g/mol. The molecule has 144 valence electrons. The van der Waals surface area contributed by atoms with E-state index in [2.05, 4.69) is 4.72 Å². The van der Waals surface area contributed by atoms with Crippen LogP contribution in [0.3, 0.4) is 0 Å². The van der Waals surface area contributed by atoms with Gasteiger partial charge in [-0.2, -0.15) is 0 Å². The molecule has 3 rings (SSSR count). The normalized spacial score (nSPS) is 17.3. The zero-order valence-corrected chi connectivity index (χ0v) is 15.7. The Morgan fingerprint density at radius 2 is 1.89 bits per heavy atom. The van der Waals surface area contributed by atoms with E-state index < -0.39 is 20.7 Å². The van der Waals surface area contributed by atoms with Gasteiger partial charge in [-0.05, 0) is 49.2 Å². The summed E-state index contributed by atoms with van der Waals surface area (Å²) in [6, 6.07) is 12.4. The van der Waals surface area contributed by atoms with Crippen molar-refractivity contribution in [2.24, 2.45) is 5.92 Å². The summed E-state index contributed by atoms with van der Waals surface area (Å²) in [6.45, 7) is 2.92. The molecule has 8 heteroatoms. The fourth-order valence-electron chi connectivity index (χ4n) is 3.02. The minimum Gasteiger partial charge on any atom is -0.494 e. The second-order valence-corrected chi connectivity index (χ2v) is 8.02. The van der Waals surface area contributed by atoms with E-state index in [-0.39, 0.29) is 24.8 Å². The molecule has 0 aromatic heterocycles. The van der Waals surface area contributed by atoms with E-state index in [0.717, 1.165) is 17.5 Å². The van der Waals surface area contributed by atoms with Gasteiger partial charge in [0.05, 0.1) is 6.61 Å². The average Bonchev–Trinajstić information content (AvgIpc) is 3.02. The number of sulfonamides is 1. The quantitative estimate of drug-likeness (QED) is 0.786. The molecule has 1 aliphatic rings. The van der Waals surface area contributed by atoms with Crippen LogP contribution in [0.4, 0.5) is 10.1 Å². The van der Waals surface area contributed by atoms with Crippen LogP contribution in [0.1, 0.15) is 13.3 Å². The third kappa shape index (κ3) is 4.45. The molecule has 1 N–H and O–H groups in total. The van der Waals surface area contributed by atoms with Crippen LogP contribution in [0.5, 0.6) is 5.75 Å². The summed E-state index contributed by atoms with van der Waals surface area (Å²) >= 11 is 0. The van der Waals surface area contributed by atoms with E-state index in [4.69, 9.17) is 4.74 Å². The molecule has 0 unspecified atom stereocenters. The lowest BCUT2D eigenvalue weighted by Crippen LogP contribution is -2.31. The summed E-state index contributed by atoms with van der Waals surface area (Å²) in [5, 5.41) is 0. The lowest BCUT2D eigenvalue weighted by Gasteiger charge is -2.17. The van der Waals surface area contributed by atoms with Gasteiger partial charge in [-0.1, -0.05) is 12.1 Å². The van der Waals surface area contributed by atoms with Crippen molar-refractivity contribution >= 4 is 21.6 Å². The maximum atomic E-state index is 13.7. The summed E-state index contributed by atoms with van der Waals surface area (Å²) < 4.78 is 46.1. The van der Waals surface area contributed by atoms with Crippen molar-refractivity contribution in [2.45, 2.75) is 18.2 Å². The minimum absolute atomic E-state index is 0.0654. The molecule has 0 bridgehead atoms. The first-order valence-electron chi connectivity index (χ1n) is 8.68. The number of carbonyl (C=O) groups excluding carboxylic acids is 1. The second kappa shape index (κ2) is 8.06. The molecule has 0 aliphatic carbocycles. The molecule has 2 aromatic carbocycles. The van der Waals surface area contributed by atoms with E-state index in [1.165, 1.54) is 18.2 Å². The summed E-state index contributed by atoms with van der Waals surface area (Å²) in [4.78, 5) is 13.5. The van der Waals surface area contributed by atoms with Gasteiger partial charge in [0.25, 0.3) is 0 Å². The van der Waals surface area contributed by atoms with E-state index in [0.29, 0.717) is 13.2 Å². The highest BCUT2D eigenvalue weighted by molar-refractivity contribution is 7.89. The first-order chi connectivity index (χ1) is 12.9. The van der Waals surface area contributed by atoms with Gasteiger partial charge in [-0.15, -0.1) is 0 Å². The average molecular weight is 392 g/mol. The lowest BCUT2D eigenvalue weighted by molar-refractivity contribution is -0.117. The number of nitrogens with zero attached hydrogens (tertiary/aromatic N) is 1. The van der Waals surface area contributed by atoms with Crippen LogP contribution in [0.15, 0.2) is 53.4 Å². The number of ether oxygens (including phenoxy) is 1. The van der Waals surface area contributed by atoms with Crippen LogP contribution in [0.25, 0.3) is 0 Å². The van der Waals surface area contributed by atoms with Crippen LogP contribution in [-0.2, 0) is 14.8 Å². The zero-order chi connectivity index (χ0) is 19.4. The van der Waals surface area contributed by atoms with Crippen LogP contribution in [0, 0.1) is 11.7 Å². The number of amides is 1. The Balaban J connectivity index is 1.63. The Morgan fingerprint density at radius 3 is 2.56 bits per heavy atom. The minimum atomic E-state index is -3.96. The van der Waals surface area contributed by atoms with Crippen molar-refractivity contribution in [3.63, 3.8) is 0 Å². The number of hydrogen-bond acceptors (Lipinski definition) is 4. The first kappa shape index (κ1) is 19.3. The summed E-state index contributed by atoms with van der Waals surface area (Å²) in [6.07, 6.45) is 0.229. The predicted octanol–water partition coefficient (Wildman–Crippen LogP) is 2.56. The Bertz CT molecular complexity index is 916. The molecule has 1 fully saturated rings. The standard InChI is InChI=1S/C19H21FN2O4S/c1-2-26-16-9-7-15(8-10-16)22-13-14(11-19(22)23)12-21-27(24,25)18-6-4-3-5-17(18)20/h3-10,14,21H,2,11-13H2,1H3/t14-/m1/s1. The molecule has 1 aliphatic heterocycles. The highest BCUT2D eigenvalue weighted by Crippen LogP contribution is 2.27. The molecular formula is C19H21FN2O4S. The third-order valence-corrected chi connectivity index (χ3v) is 5.81. The summed E-state index contributed by atoms with van der Waals surface area (Å²) in [5.74, 6) is -0.342. The maximum Gasteiger partial charge on any atom is 0.243 e. The molecule has 1 atom stereocenters. The molecule has 0 saturated carbocycles. The molecule has 0 radical (unpaired) electrons. The lowest BCUT2D eigenvalue weighted by atomic mass is 10.1. The molecule has 2 aromatic rings. The van der Waals surface area contributed by atoms with E-state index in [1.54, 1.807) is 29.2 Å². The Morgan fingerprint density at radius 1 is 1.19 bits per heavy atom. The zero-order valence-electron chi connectivity index (χ0n) is 14.9.